The van der Waals surface area contributed by atoms with Gasteiger partial charge in [-0.05, 0) is 43.4 Å². The molecule has 0 saturated heterocycles. The smallest absolute Gasteiger partial charge is 0.263 e. The van der Waals surface area contributed by atoms with E-state index in [4.69, 9.17) is 9.72 Å². The summed E-state index contributed by atoms with van der Waals surface area (Å²) < 4.78 is 7.30. The monoisotopic (exact) mass is 446 g/mol. The third-order valence-corrected chi connectivity index (χ3v) is 8.09. The number of nitrogens with zero attached hydrogens (tertiary/aromatic N) is 2. The molecule has 0 unspecified atom stereocenters. The molecule has 1 heterocycles. The van der Waals surface area contributed by atoms with Gasteiger partial charge in [-0.2, -0.15) is 0 Å². The van der Waals surface area contributed by atoms with E-state index >= 15 is 0 Å². The highest BCUT2D eigenvalue weighted by molar-refractivity contribution is 7.99. The molecule has 2 aromatic carbocycles. The normalized spacial score (nSPS) is 16.4. The van der Waals surface area contributed by atoms with Crippen molar-refractivity contribution in [2.24, 2.45) is 0 Å². The van der Waals surface area contributed by atoms with E-state index in [9.17, 15) is 4.79 Å². The first-order valence-electron chi connectivity index (χ1n) is 11.7. The number of hydrogen-bond donors (Lipinski definition) is 0. The van der Waals surface area contributed by atoms with Crippen LogP contribution >= 0.6 is 11.8 Å². The molecule has 0 N–H and O–H groups in total. The molecule has 1 fully saturated rings. The Kier molecular flexibility index (Phi) is 5.85. The van der Waals surface area contributed by atoms with Gasteiger partial charge in [0.25, 0.3) is 5.56 Å². The molecule has 0 aliphatic heterocycles. The van der Waals surface area contributed by atoms with E-state index in [2.05, 4.69) is 31.2 Å². The summed E-state index contributed by atoms with van der Waals surface area (Å²) in [4.78, 5) is 19.6. The lowest BCUT2D eigenvalue weighted by atomic mass is 9.62. The van der Waals surface area contributed by atoms with Crippen molar-refractivity contribution in [2.75, 3.05) is 12.9 Å². The molecule has 4 nitrogen and oxygen atoms in total. The molecule has 3 aromatic rings. The number of thioether (sulfide) groups is 1. The topological polar surface area (TPSA) is 44.1 Å². The van der Waals surface area contributed by atoms with Crippen LogP contribution in [0.15, 0.2) is 58.5 Å². The van der Waals surface area contributed by atoms with Crippen molar-refractivity contribution in [3.05, 3.63) is 70.0 Å². The first-order valence-corrected chi connectivity index (χ1v) is 12.7. The van der Waals surface area contributed by atoms with Crippen molar-refractivity contribution < 1.29 is 4.74 Å². The van der Waals surface area contributed by atoms with Crippen molar-refractivity contribution >= 4 is 11.8 Å². The van der Waals surface area contributed by atoms with Crippen LogP contribution in [0.3, 0.4) is 0 Å². The lowest BCUT2D eigenvalue weighted by molar-refractivity contribution is 0.283. The van der Waals surface area contributed by atoms with Gasteiger partial charge in [-0.1, -0.05) is 68.3 Å². The summed E-state index contributed by atoms with van der Waals surface area (Å²) in [5.41, 5.74) is 5.12. The van der Waals surface area contributed by atoms with Crippen LogP contribution in [0.1, 0.15) is 56.6 Å². The highest BCUT2D eigenvalue weighted by atomic mass is 32.2. The van der Waals surface area contributed by atoms with Crippen molar-refractivity contribution in [1.29, 1.82) is 0 Å². The molecule has 5 heteroatoms. The maximum atomic E-state index is 14.3. The number of hydrogen-bond acceptors (Lipinski definition) is 4. The Hall–Kier alpha value is -2.53. The molecule has 5 rings (SSSR count). The van der Waals surface area contributed by atoms with Crippen LogP contribution in [0.2, 0.25) is 0 Å². The maximum Gasteiger partial charge on any atom is 0.263 e. The van der Waals surface area contributed by atoms with Crippen LogP contribution in [-0.4, -0.2) is 22.4 Å². The molecule has 1 spiro atoms. The molecular weight excluding hydrogens is 416 g/mol. The molecule has 166 valence electrons. The molecular formula is C27H30N2O2S. The highest BCUT2D eigenvalue weighted by Gasteiger charge is 2.43. The predicted octanol–water partition coefficient (Wildman–Crippen LogP) is 6.17. The largest absolute Gasteiger partial charge is 0.497 e. The standard InChI is InChI=1S/C27H30N2O2S/c1-3-16-32-26-28-24-22-13-6-5-10-19(22)18-27(14-7-4-8-15-27)23(24)25(30)29(26)20-11-9-12-21(17-20)31-2/h5-6,9-13,17H,3-4,7-8,14-16,18H2,1-2H3. The number of benzene rings is 2. The molecule has 32 heavy (non-hydrogen) atoms. The van der Waals surface area contributed by atoms with Gasteiger partial charge in [-0.25, -0.2) is 4.98 Å². The summed E-state index contributed by atoms with van der Waals surface area (Å²) >= 11 is 1.66. The van der Waals surface area contributed by atoms with Crippen LogP contribution in [0.5, 0.6) is 5.75 Å². The second kappa shape index (κ2) is 8.78. The minimum atomic E-state index is -0.111. The quantitative estimate of drug-likeness (QED) is 0.347. The van der Waals surface area contributed by atoms with Crippen LogP contribution in [-0.2, 0) is 11.8 Å². The number of ether oxygens (including phenoxy) is 1. The number of methoxy groups -OCH3 is 1. The lowest BCUT2D eigenvalue weighted by Crippen LogP contribution is -2.42. The summed E-state index contributed by atoms with van der Waals surface area (Å²) in [5.74, 6) is 1.67. The summed E-state index contributed by atoms with van der Waals surface area (Å²) in [7, 11) is 1.66. The van der Waals surface area contributed by atoms with Gasteiger partial charge in [-0.15, -0.1) is 0 Å². The van der Waals surface area contributed by atoms with E-state index in [-0.39, 0.29) is 11.0 Å². The van der Waals surface area contributed by atoms with Gasteiger partial charge in [0.2, 0.25) is 0 Å². The van der Waals surface area contributed by atoms with Gasteiger partial charge in [-0.3, -0.25) is 9.36 Å². The van der Waals surface area contributed by atoms with Crippen LogP contribution in [0, 0.1) is 0 Å². The zero-order chi connectivity index (χ0) is 22.1. The number of rotatable bonds is 5. The van der Waals surface area contributed by atoms with Crippen molar-refractivity contribution in [2.45, 2.75) is 62.4 Å². The minimum absolute atomic E-state index is 0.0956. The zero-order valence-corrected chi connectivity index (χ0v) is 19.7. The highest BCUT2D eigenvalue weighted by Crippen LogP contribution is 2.49. The Morgan fingerprint density at radius 1 is 1.09 bits per heavy atom. The molecule has 0 radical (unpaired) electrons. The predicted molar refractivity (Wildman–Crippen MR) is 131 cm³/mol. The third kappa shape index (κ3) is 3.57. The van der Waals surface area contributed by atoms with E-state index in [1.807, 2.05) is 28.8 Å². The van der Waals surface area contributed by atoms with E-state index < -0.39 is 0 Å². The fourth-order valence-corrected chi connectivity index (χ4v) is 6.32. The van der Waals surface area contributed by atoms with Gasteiger partial charge in [0, 0.05) is 22.8 Å². The van der Waals surface area contributed by atoms with Gasteiger partial charge in [0.05, 0.1) is 24.1 Å². The Bertz CT molecular complexity index is 1190. The zero-order valence-electron chi connectivity index (χ0n) is 18.9. The molecule has 0 atom stereocenters. The summed E-state index contributed by atoms with van der Waals surface area (Å²) in [6.45, 7) is 2.16. The summed E-state index contributed by atoms with van der Waals surface area (Å²) in [6.07, 6.45) is 7.68. The van der Waals surface area contributed by atoms with Crippen molar-refractivity contribution in [3.8, 4) is 22.7 Å². The maximum absolute atomic E-state index is 14.3. The Balaban J connectivity index is 1.81. The fraction of sp³-hybridized carbons (Fsp3) is 0.407. The van der Waals surface area contributed by atoms with E-state index in [0.29, 0.717) is 0 Å². The van der Waals surface area contributed by atoms with E-state index in [1.165, 1.54) is 24.8 Å². The van der Waals surface area contributed by atoms with Crippen LogP contribution in [0.25, 0.3) is 16.9 Å². The number of aromatic nitrogens is 2. The lowest BCUT2D eigenvalue weighted by Gasteiger charge is -2.42. The van der Waals surface area contributed by atoms with Gasteiger partial charge >= 0.3 is 0 Å². The van der Waals surface area contributed by atoms with Gasteiger partial charge in [0.15, 0.2) is 5.16 Å². The van der Waals surface area contributed by atoms with Gasteiger partial charge < -0.3 is 4.74 Å². The molecule has 2 aliphatic carbocycles. The Morgan fingerprint density at radius 3 is 2.69 bits per heavy atom. The average Bonchev–Trinajstić information content (AvgIpc) is 2.83. The van der Waals surface area contributed by atoms with Gasteiger partial charge in [0.1, 0.15) is 5.75 Å². The summed E-state index contributed by atoms with van der Waals surface area (Å²) in [5, 5.41) is 0.770. The fourth-order valence-electron chi connectivity index (χ4n) is 5.46. The summed E-state index contributed by atoms with van der Waals surface area (Å²) in [6, 6.07) is 16.3. The van der Waals surface area contributed by atoms with Crippen molar-refractivity contribution in [1.82, 2.24) is 9.55 Å². The SMILES string of the molecule is CCCSc1nc2c(c(=O)n1-c1cccc(OC)c1)C1(CCCCC1)Cc1ccccc1-2. The van der Waals surface area contributed by atoms with E-state index in [0.717, 1.165) is 64.9 Å². The third-order valence-electron chi connectivity index (χ3n) is 6.94. The second-order valence-electron chi connectivity index (χ2n) is 8.98. The molecule has 0 amide bonds. The second-order valence-corrected chi connectivity index (χ2v) is 10.0. The number of fused-ring (bicyclic) bond motifs is 4. The average molecular weight is 447 g/mol. The molecule has 1 aromatic heterocycles. The first-order chi connectivity index (χ1) is 15.7. The van der Waals surface area contributed by atoms with Crippen molar-refractivity contribution in [3.63, 3.8) is 0 Å². The molecule has 2 aliphatic rings. The Morgan fingerprint density at radius 2 is 1.91 bits per heavy atom. The minimum Gasteiger partial charge on any atom is -0.497 e. The van der Waals surface area contributed by atoms with Crippen LogP contribution < -0.4 is 10.3 Å². The molecule has 0 bridgehead atoms. The first kappa shape index (κ1) is 21.3. The Labute approximate surface area is 194 Å². The van der Waals surface area contributed by atoms with E-state index in [1.54, 1.807) is 18.9 Å². The molecule has 1 saturated carbocycles. The van der Waals surface area contributed by atoms with Crippen LogP contribution in [0.4, 0.5) is 0 Å².